The second-order valence-electron chi connectivity index (χ2n) is 4.86. The molecule has 2 N–H and O–H groups in total. The zero-order valence-electron chi connectivity index (χ0n) is 11.3. The number of nitrogens with zero attached hydrogens (tertiary/aromatic N) is 2. The monoisotopic (exact) mass is 341 g/mol. The van der Waals surface area contributed by atoms with Crippen LogP contribution in [0.25, 0.3) is 11.4 Å². The van der Waals surface area contributed by atoms with Crippen LogP contribution in [0.3, 0.4) is 0 Å². The van der Waals surface area contributed by atoms with Crippen LogP contribution >= 0.6 is 15.9 Å². The van der Waals surface area contributed by atoms with E-state index in [1.165, 1.54) is 6.07 Å². The first kappa shape index (κ1) is 15.1. The Labute approximate surface area is 125 Å². The molecule has 0 radical (unpaired) electrons. The normalized spacial score (nSPS) is 12.6. The predicted octanol–water partition coefficient (Wildman–Crippen LogP) is 3.56. The van der Waals surface area contributed by atoms with Gasteiger partial charge < -0.3 is 10.3 Å². The average molecular weight is 342 g/mol. The first-order chi connectivity index (χ1) is 9.60. The van der Waals surface area contributed by atoms with Crippen LogP contribution in [0.5, 0.6) is 0 Å². The summed E-state index contributed by atoms with van der Waals surface area (Å²) in [7, 11) is 0. The van der Waals surface area contributed by atoms with Gasteiger partial charge in [0.1, 0.15) is 5.82 Å². The first-order valence-corrected chi connectivity index (χ1v) is 7.37. The number of aryl methyl sites for hydroxylation is 1. The summed E-state index contributed by atoms with van der Waals surface area (Å²) in [6.45, 7) is 2.85. The van der Waals surface area contributed by atoms with Crippen LogP contribution in [-0.2, 0) is 6.42 Å². The van der Waals surface area contributed by atoms with E-state index in [4.69, 9.17) is 10.3 Å². The topological polar surface area (TPSA) is 64.9 Å². The van der Waals surface area contributed by atoms with Gasteiger partial charge in [-0.1, -0.05) is 12.1 Å². The van der Waals surface area contributed by atoms with E-state index in [1.54, 1.807) is 12.1 Å². The molecule has 0 aliphatic heterocycles. The first-order valence-electron chi connectivity index (χ1n) is 6.58. The maximum Gasteiger partial charge on any atom is 0.226 e. The number of halogens is 2. The number of hydrogen-bond acceptors (Lipinski definition) is 4. The fraction of sp³-hybridized carbons (Fsp3) is 0.429. The molecule has 20 heavy (non-hydrogen) atoms. The van der Waals surface area contributed by atoms with E-state index in [0.29, 0.717) is 28.7 Å². The van der Waals surface area contributed by atoms with E-state index < -0.39 is 0 Å². The molecule has 2 rings (SSSR count). The van der Waals surface area contributed by atoms with Gasteiger partial charge in [-0.15, -0.1) is 0 Å². The van der Waals surface area contributed by atoms with Crippen molar-refractivity contribution in [2.24, 2.45) is 11.7 Å². The predicted molar refractivity (Wildman–Crippen MR) is 78.5 cm³/mol. The Hall–Kier alpha value is -1.27. The van der Waals surface area contributed by atoms with Crippen LogP contribution in [0.4, 0.5) is 4.39 Å². The smallest absolute Gasteiger partial charge is 0.226 e. The Kier molecular flexibility index (Phi) is 5.25. The van der Waals surface area contributed by atoms with Crippen molar-refractivity contribution in [2.45, 2.75) is 26.2 Å². The van der Waals surface area contributed by atoms with Crippen molar-refractivity contribution in [3.8, 4) is 11.4 Å². The zero-order valence-corrected chi connectivity index (χ0v) is 12.9. The maximum atomic E-state index is 13.2. The molecule has 0 aliphatic rings. The van der Waals surface area contributed by atoms with E-state index >= 15 is 0 Å². The quantitative estimate of drug-likeness (QED) is 0.872. The number of benzene rings is 1. The number of rotatable bonds is 6. The molecule has 0 spiro atoms. The minimum atomic E-state index is -0.312. The second kappa shape index (κ2) is 6.95. The third-order valence-corrected chi connectivity index (χ3v) is 3.76. The standard InChI is InChI=1S/C14H17BrFN3O/c1-9(6-7-17)2-5-13-18-14(19-20-13)10-3-4-12(16)11(15)8-10/h3-4,8-9H,2,5-7,17H2,1H3. The maximum absolute atomic E-state index is 13.2. The Morgan fingerprint density at radius 1 is 1.40 bits per heavy atom. The van der Waals surface area contributed by atoms with Crippen LogP contribution < -0.4 is 5.73 Å². The fourth-order valence-corrected chi connectivity index (χ4v) is 2.29. The number of nitrogens with two attached hydrogens (primary N) is 1. The molecule has 0 saturated carbocycles. The summed E-state index contributed by atoms with van der Waals surface area (Å²) < 4.78 is 18.8. The Bertz CT molecular complexity index is 573. The summed E-state index contributed by atoms with van der Waals surface area (Å²) >= 11 is 3.14. The van der Waals surface area contributed by atoms with Crippen molar-refractivity contribution in [3.63, 3.8) is 0 Å². The van der Waals surface area contributed by atoms with Crippen molar-refractivity contribution in [3.05, 3.63) is 34.4 Å². The molecule has 2 aromatic rings. The Morgan fingerprint density at radius 3 is 2.90 bits per heavy atom. The lowest BCUT2D eigenvalue weighted by molar-refractivity contribution is 0.362. The zero-order chi connectivity index (χ0) is 14.5. The molecule has 0 fully saturated rings. The van der Waals surface area contributed by atoms with Crippen LogP contribution in [0.15, 0.2) is 27.2 Å². The van der Waals surface area contributed by atoms with E-state index in [-0.39, 0.29) is 5.82 Å². The SMILES string of the molecule is CC(CCN)CCc1nc(-c2ccc(F)c(Br)c2)no1. The third-order valence-electron chi connectivity index (χ3n) is 3.16. The lowest BCUT2D eigenvalue weighted by Gasteiger charge is -2.06. The highest BCUT2D eigenvalue weighted by atomic mass is 79.9. The van der Waals surface area contributed by atoms with E-state index in [2.05, 4.69) is 33.0 Å². The molecule has 0 bridgehead atoms. The van der Waals surface area contributed by atoms with Gasteiger partial charge in [0.15, 0.2) is 0 Å². The van der Waals surface area contributed by atoms with Gasteiger partial charge in [-0.2, -0.15) is 4.98 Å². The van der Waals surface area contributed by atoms with Gasteiger partial charge in [0.05, 0.1) is 4.47 Å². The molecule has 1 aromatic heterocycles. The van der Waals surface area contributed by atoms with Crippen molar-refractivity contribution >= 4 is 15.9 Å². The van der Waals surface area contributed by atoms with Crippen LogP contribution in [0.1, 0.15) is 25.7 Å². The minimum absolute atomic E-state index is 0.312. The molecular formula is C14H17BrFN3O. The molecule has 1 atom stereocenters. The fourth-order valence-electron chi connectivity index (χ4n) is 1.91. The molecule has 0 amide bonds. The summed E-state index contributed by atoms with van der Waals surface area (Å²) in [5.74, 6) is 1.31. The number of aromatic nitrogens is 2. The highest BCUT2D eigenvalue weighted by Crippen LogP contribution is 2.23. The van der Waals surface area contributed by atoms with Crippen LogP contribution in [0.2, 0.25) is 0 Å². The van der Waals surface area contributed by atoms with Gasteiger partial charge in [0.2, 0.25) is 11.7 Å². The molecule has 4 nitrogen and oxygen atoms in total. The highest BCUT2D eigenvalue weighted by molar-refractivity contribution is 9.10. The van der Waals surface area contributed by atoms with Gasteiger partial charge in [0, 0.05) is 12.0 Å². The Balaban J connectivity index is 2.03. The largest absolute Gasteiger partial charge is 0.339 e. The second-order valence-corrected chi connectivity index (χ2v) is 5.72. The number of hydrogen-bond donors (Lipinski definition) is 1. The van der Waals surface area contributed by atoms with Gasteiger partial charge >= 0.3 is 0 Å². The third kappa shape index (κ3) is 3.86. The van der Waals surface area contributed by atoms with Crippen molar-refractivity contribution < 1.29 is 8.91 Å². The lowest BCUT2D eigenvalue weighted by Crippen LogP contribution is -2.06. The molecule has 1 unspecified atom stereocenters. The molecule has 1 aromatic carbocycles. The van der Waals surface area contributed by atoms with Gasteiger partial charge in [0.25, 0.3) is 0 Å². The molecule has 6 heteroatoms. The highest BCUT2D eigenvalue weighted by Gasteiger charge is 2.11. The van der Waals surface area contributed by atoms with Gasteiger partial charge in [-0.25, -0.2) is 4.39 Å². The van der Waals surface area contributed by atoms with E-state index in [1.807, 2.05) is 0 Å². The molecule has 0 saturated heterocycles. The van der Waals surface area contributed by atoms with E-state index in [9.17, 15) is 4.39 Å². The Morgan fingerprint density at radius 2 is 2.20 bits per heavy atom. The van der Waals surface area contributed by atoms with Crippen LogP contribution in [-0.4, -0.2) is 16.7 Å². The van der Waals surface area contributed by atoms with Crippen molar-refractivity contribution in [1.82, 2.24) is 10.1 Å². The van der Waals surface area contributed by atoms with Crippen molar-refractivity contribution in [2.75, 3.05) is 6.54 Å². The summed E-state index contributed by atoms with van der Waals surface area (Å²) in [5.41, 5.74) is 6.24. The molecule has 108 valence electrons. The summed E-state index contributed by atoms with van der Waals surface area (Å²) in [6, 6.07) is 4.64. The molecular weight excluding hydrogens is 325 g/mol. The van der Waals surface area contributed by atoms with Gasteiger partial charge in [-0.05, 0) is 59.4 Å². The molecule has 1 heterocycles. The average Bonchev–Trinajstić information content (AvgIpc) is 2.89. The summed E-state index contributed by atoms with van der Waals surface area (Å²) in [4.78, 5) is 4.33. The summed E-state index contributed by atoms with van der Waals surface area (Å²) in [6.07, 6.45) is 2.69. The lowest BCUT2D eigenvalue weighted by atomic mass is 10.0. The molecule has 0 aliphatic carbocycles. The van der Waals surface area contributed by atoms with Crippen molar-refractivity contribution in [1.29, 1.82) is 0 Å². The van der Waals surface area contributed by atoms with Gasteiger partial charge in [-0.3, -0.25) is 0 Å². The summed E-state index contributed by atoms with van der Waals surface area (Å²) in [5, 5.41) is 3.93. The van der Waals surface area contributed by atoms with Crippen LogP contribution in [0, 0.1) is 11.7 Å². The minimum Gasteiger partial charge on any atom is -0.339 e. The van der Waals surface area contributed by atoms with E-state index in [0.717, 1.165) is 24.8 Å².